The molecule has 1 aromatic heterocycles. The van der Waals surface area contributed by atoms with Crippen LogP contribution in [0.3, 0.4) is 0 Å². The number of aryl methyl sites for hydroxylation is 1. The molecule has 4 rings (SSSR count). The molecule has 1 saturated heterocycles. The highest BCUT2D eigenvalue weighted by atomic mass is 16.5. The van der Waals surface area contributed by atoms with Crippen LogP contribution in [0.4, 0.5) is 5.69 Å². The van der Waals surface area contributed by atoms with Crippen molar-refractivity contribution in [1.82, 2.24) is 4.98 Å². The van der Waals surface area contributed by atoms with Crippen molar-refractivity contribution in [3.8, 4) is 5.75 Å². The Morgan fingerprint density at radius 1 is 1.03 bits per heavy atom. The molecule has 0 saturated carbocycles. The van der Waals surface area contributed by atoms with Gasteiger partial charge in [0.15, 0.2) is 0 Å². The summed E-state index contributed by atoms with van der Waals surface area (Å²) in [5.41, 5.74) is 2.71. The van der Waals surface area contributed by atoms with Gasteiger partial charge in [0.1, 0.15) is 11.5 Å². The standard InChI is InChI=1S/C25H22N2O4/c1-3-31-19-10-8-18(9-11-19)27-22(20-7-5-4-6-16(20)2)21(24(29)25(27)30)23(28)17-12-14-26-15-13-17/h4-15,22,28H,3H2,1-2H3/b23-21-. The number of benzene rings is 2. The lowest BCUT2D eigenvalue weighted by atomic mass is 9.92. The highest BCUT2D eigenvalue weighted by Gasteiger charge is 2.47. The first-order chi connectivity index (χ1) is 15.0. The van der Waals surface area contributed by atoms with Crippen molar-refractivity contribution in [3.63, 3.8) is 0 Å². The summed E-state index contributed by atoms with van der Waals surface area (Å²) < 4.78 is 5.49. The zero-order valence-electron chi connectivity index (χ0n) is 17.3. The quantitative estimate of drug-likeness (QED) is 0.380. The van der Waals surface area contributed by atoms with Gasteiger partial charge in [0.05, 0.1) is 18.2 Å². The zero-order valence-corrected chi connectivity index (χ0v) is 17.3. The molecule has 1 amide bonds. The van der Waals surface area contributed by atoms with E-state index >= 15 is 0 Å². The lowest BCUT2D eigenvalue weighted by Crippen LogP contribution is -2.29. The van der Waals surface area contributed by atoms with Gasteiger partial charge in [-0.3, -0.25) is 19.5 Å². The Kier molecular flexibility index (Phi) is 5.54. The number of nitrogens with zero attached hydrogens (tertiary/aromatic N) is 2. The molecule has 0 spiro atoms. The summed E-state index contributed by atoms with van der Waals surface area (Å²) in [7, 11) is 0. The minimum atomic E-state index is -0.757. The summed E-state index contributed by atoms with van der Waals surface area (Å²) in [5.74, 6) is -0.959. The fourth-order valence-corrected chi connectivity index (χ4v) is 3.82. The summed E-state index contributed by atoms with van der Waals surface area (Å²) in [6.07, 6.45) is 3.06. The maximum atomic E-state index is 13.1. The Labute approximate surface area is 180 Å². The van der Waals surface area contributed by atoms with Gasteiger partial charge < -0.3 is 9.84 Å². The highest BCUT2D eigenvalue weighted by molar-refractivity contribution is 6.51. The minimum Gasteiger partial charge on any atom is -0.507 e. The first-order valence-electron chi connectivity index (χ1n) is 10.0. The van der Waals surface area contributed by atoms with Crippen LogP contribution >= 0.6 is 0 Å². The van der Waals surface area contributed by atoms with E-state index < -0.39 is 17.7 Å². The molecule has 1 unspecified atom stereocenters. The number of carbonyl (C=O) groups excluding carboxylic acids is 2. The third-order valence-electron chi connectivity index (χ3n) is 5.31. The maximum absolute atomic E-state index is 13.1. The van der Waals surface area contributed by atoms with E-state index in [4.69, 9.17) is 4.74 Å². The first kappa shape index (κ1) is 20.3. The van der Waals surface area contributed by atoms with Crippen molar-refractivity contribution < 1.29 is 19.4 Å². The molecule has 0 radical (unpaired) electrons. The largest absolute Gasteiger partial charge is 0.507 e. The van der Waals surface area contributed by atoms with Crippen LogP contribution in [0.2, 0.25) is 0 Å². The second kappa shape index (κ2) is 8.44. The van der Waals surface area contributed by atoms with Crippen LogP contribution in [0.15, 0.2) is 78.6 Å². The summed E-state index contributed by atoms with van der Waals surface area (Å²) in [4.78, 5) is 31.7. The Balaban J connectivity index is 1.91. The predicted octanol–water partition coefficient (Wildman–Crippen LogP) is 4.42. The molecule has 1 aliphatic heterocycles. The van der Waals surface area contributed by atoms with E-state index in [9.17, 15) is 14.7 Å². The number of rotatable bonds is 5. The number of pyridine rings is 1. The summed E-state index contributed by atoms with van der Waals surface area (Å²) in [6, 6.07) is 17.0. The molecular formula is C25H22N2O4. The van der Waals surface area contributed by atoms with E-state index in [2.05, 4.69) is 4.98 Å². The lowest BCUT2D eigenvalue weighted by Gasteiger charge is -2.26. The van der Waals surface area contributed by atoms with Crippen LogP contribution in [0.25, 0.3) is 5.76 Å². The lowest BCUT2D eigenvalue weighted by molar-refractivity contribution is -0.132. The molecular weight excluding hydrogens is 392 g/mol. The molecule has 2 heterocycles. The number of amides is 1. The Bertz CT molecular complexity index is 1150. The maximum Gasteiger partial charge on any atom is 0.300 e. The monoisotopic (exact) mass is 414 g/mol. The zero-order chi connectivity index (χ0) is 22.0. The molecule has 1 fully saturated rings. The molecule has 31 heavy (non-hydrogen) atoms. The second-order valence-electron chi connectivity index (χ2n) is 7.19. The molecule has 1 N–H and O–H groups in total. The summed E-state index contributed by atoms with van der Waals surface area (Å²) >= 11 is 0. The van der Waals surface area contributed by atoms with Crippen molar-refractivity contribution in [1.29, 1.82) is 0 Å². The second-order valence-corrected chi connectivity index (χ2v) is 7.19. The van der Waals surface area contributed by atoms with Crippen molar-refractivity contribution in [2.75, 3.05) is 11.5 Å². The Morgan fingerprint density at radius 2 is 1.71 bits per heavy atom. The van der Waals surface area contributed by atoms with Crippen molar-refractivity contribution in [3.05, 3.63) is 95.3 Å². The van der Waals surface area contributed by atoms with Gasteiger partial charge in [-0.05, 0) is 61.4 Å². The molecule has 0 aliphatic carbocycles. The average molecular weight is 414 g/mol. The molecule has 3 aromatic rings. The predicted molar refractivity (Wildman–Crippen MR) is 118 cm³/mol. The van der Waals surface area contributed by atoms with Gasteiger partial charge in [0, 0.05) is 23.6 Å². The van der Waals surface area contributed by atoms with E-state index in [1.165, 1.54) is 17.3 Å². The number of anilines is 1. The first-order valence-corrected chi connectivity index (χ1v) is 10.0. The number of hydrogen-bond donors (Lipinski definition) is 1. The number of aliphatic hydroxyl groups is 1. The van der Waals surface area contributed by atoms with Gasteiger partial charge in [-0.1, -0.05) is 24.3 Å². The van der Waals surface area contributed by atoms with Gasteiger partial charge in [0.2, 0.25) is 0 Å². The van der Waals surface area contributed by atoms with Gasteiger partial charge in [-0.25, -0.2) is 0 Å². The topological polar surface area (TPSA) is 79.7 Å². The summed E-state index contributed by atoms with van der Waals surface area (Å²) in [5, 5.41) is 11.0. The third kappa shape index (κ3) is 3.68. The number of ether oxygens (including phenoxy) is 1. The number of aromatic nitrogens is 1. The van der Waals surface area contributed by atoms with Crippen LogP contribution < -0.4 is 9.64 Å². The minimum absolute atomic E-state index is 0.0550. The number of aliphatic hydroxyl groups excluding tert-OH is 1. The van der Waals surface area contributed by atoms with Crippen LogP contribution in [0, 0.1) is 6.92 Å². The van der Waals surface area contributed by atoms with Crippen LogP contribution in [0.1, 0.15) is 29.7 Å². The highest BCUT2D eigenvalue weighted by Crippen LogP contribution is 2.43. The van der Waals surface area contributed by atoms with Crippen molar-refractivity contribution >= 4 is 23.1 Å². The molecule has 6 nitrogen and oxygen atoms in total. The van der Waals surface area contributed by atoms with Crippen LogP contribution in [-0.4, -0.2) is 28.4 Å². The molecule has 0 bridgehead atoms. The molecule has 156 valence electrons. The normalized spacial score (nSPS) is 17.7. The smallest absolute Gasteiger partial charge is 0.300 e. The average Bonchev–Trinajstić information content (AvgIpc) is 3.05. The van der Waals surface area contributed by atoms with Crippen LogP contribution in [-0.2, 0) is 9.59 Å². The molecule has 6 heteroatoms. The number of Topliss-reactive ketones (excluding diaryl/α,β-unsaturated/α-hetero) is 1. The van der Waals surface area contributed by atoms with Gasteiger partial charge in [0.25, 0.3) is 11.7 Å². The van der Waals surface area contributed by atoms with E-state index in [0.717, 1.165) is 11.1 Å². The van der Waals surface area contributed by atoms with Crippen LogP contribution in [0.5, 0.6) is 5.75 Å². The van der Waals surface area contributed by atoms with E-state index in [0.29, 0.717) is 23.6 Å². The van der Waals surface area contributed by atoms with Gasteiger partial charge >= 0.3 is 0 Å². The van der Waals surface area contributed by atoms with Crippen molar-refractivity contribution in [2.45, 2.75) is 19.9 Å². The fourth-order valence-electron chi connectivity index (χ4n) is 3.82. The van der Waals surface area contributed by atoms with E-state index in [-0.39, 0.29) is 11.3 Å². The molecule has 1 aliphatic rings. The number of carbonyl (C=O) groups is 2. The van der Waals surface area contributed by atoms with Gasteiger partial charge in [-0.2, -0.15) is 0 Å². The van der Waals surface area contributed by atoms with Crippen molar-refractivity contribution in [2.24, 2.45) is 0 Å². The summed E-state index contributed by atoms with van der Waals surface area (Å²) in [6.45, 7) is 4.34. The van der Waals surface area contributed by atoms with E-state index in [1.807, 2.05) is 38.1 Å². The Morgan fingerprint density at radius 3 is 2.35 bits per heavy atom. The van der Waals surface area contributed by atoms with Gasteiger partial charge in [-0.15, -0.1) is 0 Å². The number of hydrogen-bond acceptors (Lipinski definition) is 5. The number of ketones is 1. The third-order valence-corrected chi connectivity index (χ3v) is 5.31. The van der Waals surface area contributed by atoms with E-state index in [1.54, 1.807) is 36.4 Å². The molecule has 1 atom stereocenters. The fraction of sp³-hybridized carbons (Fsp3) is 0.160. The Hall–Kier alpha value is -3.93. The SMILES string of the molecule is CCOc1ccc(N2C(=O)C(=O)/C(=C(\O)c3ccncc3)C2c2ccccc2C)cc1. The molecule has 2 aromatic carbocycles.